The Morgan fingerprint density at radius 1 is 1.19 bits per heavy atom. The molecule has 3 rings (SSSR count). The normalized spacial score (nSPS) is 20.8. The van der Waals surface area contributed by atoms with Gasteiger partial charge in [0, 0.05) is 19.0 Å². The van der Waals surface area contributed by atoms with Crippen LogP contribution in [-0.4, -0.2) is 30.3 Å². The van der Waals surface area contributed by atoms with Crippen molar-refractivity contribution in [3.63, 3.8) is 0 Å². The third kappa shape index (κ3) is 3.21. The zero-order valence-electron chi connectivity index (χ0n) is 11.5. The van der Waals surface area contributed by atoms with E-state index in [0.29, 0.717) is 17.8 Å². The number of hydrogen-bond donors (Lipinski definition) is 3. The van der Waals surface area contributed by atoms with Gasteiger partial charge in [0.05, 0.1) is 17.2 Å². The van der Waals surface area contributed by atoms with E-state index >= 15 is 0 Å². The van der Waals surface area contributed by atoms with Crippen LogP contribution in [-0.2, 0) is 9.59 Å². The number of hydrogen-bond acceptors (Lipinski definition) is 3. The zero-order valence-corrected chi connectivity index (χ0v) is 11.5. The molecule has 3 amide bonds. The maximum Gasteiger partial charge on any atom is 0.253 e. The van der Waals surface area contributed by atoms with Gasteiger partial charge in [-0.1, -0.05) is 12.1 Å². The number of nitrogens with one attached hydrogen (secondary N) is 3. The average molecular weight is 287 g/mol. The first-order valence-electron chi connectivity index (χ1n) is 7.11. The number of carbonyl (C=O) groups excluding carboxylic acids is 3. The van der Waals surface area contributed by atoms with Crippen LogP contribution in [0.2, 0.25) is 0 Å². The van der Waals surface area contributed by atoms with Gasteiger partial charge >= 0.3 is 0 Å². The molecule has 2 aliphatic rings. The highest BCUT2D eigenvalue weighted by atomic mass is 16.2. The van der Waals surface area contributed by atoms with Gasteiger partial charge in [-0.3, -0.25) is 14.4 Å². The maximum atomic E-state index is 12.1. The minimum Gasteiger partial charge on any atom is -0.355 e. The van der Waals surface area contributed by atoms with E-state index in [0.717, 1.165) is 12.8 Å². The van der Waals surface area contributed by atoms with E-state index in [1.54, 1.807) is 24.3 Å². The molecule has 2 fully saturated rings. The van der Waals surface area contributed by atoms with Gasteiger partial charge < -0.3 is 16.0 Å². The molecule has 6 heteroatoms. The molecule has 1 aliphatic carbocycles. The molecule has 0 radical (unpaired) electrons. The lowest BCUT2D eigenvalue weighted by Gasteiger charge is -2.13. The molecule has 1 heterocycles. The molecule has 1 aromatic carbocycles. The molecule has 0 spiro atoms. The van der Waals surface area contributed by atoms with Gasteiger partial charge in [-0.25, -0.2) is 0 Å². The third-order valence-corrected chi connectivity index (χ3v) is 3.69. The molecule has 1 saturated carbocycles. The van der Waals surface area contributed by atoms with Gasteiger partial charge in [0.1, 0.15) is 0 Å². The second-order valence-electron chi connectivity index (χ2n) is 5.49. The van der Waals surface area contributed by atoms with Gasteiger partial charge in [-0.15, -0.1) is 0 Å². The summed E-state index contributed by atoms with van der Waals surface area (Å²) in [5.41, 5.74) is 0.940. The molecule has 1 aliphatic heterocycles. The van der Waals surface area contributed by atoms with Crippen LogP contribution in [0.5, 0.6) is 0 Å². The van der Waals surface area contributed by atoms with Crippen molar-refractivity contribution in [3.8, 4) is 0 Å². The molecule has 21 heavy (non-hydrogen) atoms. The first kappa shape index (κ1) is 13.6. The molecular weight excluding hydrogens is 270 g/mol. The first-order valence-corrected chi connectivity index (χ1v) is 7.11. The van der Waals surface area contributed by atoms with Crippen LogP contribution in [0.15, 0.2) is 24.3 Å². The Hall–Kier alpha value is -2.37. The van der Waals surface area contributed by atoms with Crippen molar-refractivity contribution in [2.45, 2.75) is 25.3 Å². The van der Waals surface area contributed by atoms with E-state index in [-0.39, 0.29) is 36.1 Å². The lowest BCUT2D eigenvalue weighted by Crippen LogP contribution is -2.29. The number of amides is 3. The summed E-state index contributed by atoms with van der Waals surface area (Å²) >= 11 is 0. The van der Waals surface area contributed by atoms with Gasteiger partial charge in [-0.05, 0) is 25.0 Å². The summed E-state index contributed by atoms with van der Waals surface area (Å²) in [5.74, 6) is -0.902. The van der Waals surface area contributed by atoms with E-state index in [1.807, 2.05) is 0 Å². The van der Waals surface area contributed by atoms with Gasteiger partial charge in [0.2, 0.25) is 11.8 Å². The van der Waals surface area contributed by atoms with E-state index in [9.17, 15) is 14.4 Å². The summed E-state index contributed by atoms with van der Waals surface area (Å²) in [6.07, 6.45) is 2.22. The number of carbonyl (C=O) groups is 3. The summed E-state index contributed by atoms with van der Waals surface area (Å²) in [4.78, 5) is 35.4. The standard InChI is InChI=1S/C15H17N3O3/c19-13-7-9(8-16-13)14(20)18-12-4-2-1-3-11(12)15(21)17-10-5-6-10/h1-4,9-10H,5-8H2,(H,16,19)(H,17,21)(H,18,20). The van der Waals surface area contributed by atoms with Crippen molar-refractivity contribution in [1.82, 2.24) is 10.6 Å². The van der Waals surface area contributed by atoms with Crippen molar-refractivity contribution >= 4 is 23.4 Å². The topological polar surface area (TPSA) is 87.3 Å². The van der Waals surface area contributed by atoms with Crippen molar-refractivity contribution in [2.24, 2.45) is 5.92 Å². The lowest BCUT2D eigenvalue weighted by atomic mass is 10.1. The Kier molecular flexibility index (Phi) is 3.60. The van der Waals surface area contributed by atoms with Crippen LogP contribution in [0, 0.1) is 5.92 Å². The van der Waals surface area contributed by atoms with E-state index < -0.39 is 0 Å². The van der Waals surface area contributed by atoms with Gasteiger partial charge in [0.25, 0.3) is 5.91 Å². The molecule has 110 valence electrons. The zero-order chi connectivity index (χ0) is 14.8. The predicted molar refractivity (Wildman–Crippen MR) is 76.7 cm³/mol. The van der Waals surface area contributed by atoms with Crippen LogP contribution >= 0.6 is 0 Å². The minimum atomic E-state index is -0.378. The van der Waals surface area contributed by atoms with Crippen molar-refractivity contribution in [3.05, 3.63) is 29.8 Å². The number of anilines is 1. The molecule has 6 nitrogen and oxygen atoms in total. The molecule has 1 atom stereocenters. The Labute approximate surface area is 122 Å². The Morgan fingerprint density at radius 3 is 2.62 bits per heavy atom. The highest BCUT2D eigenvalue weighted by Crippen LogP contribution is 2.22. The van der Waals surface area contributed by atoms with Crippen LogP contribution in [0.3, 0.4) is 0 Å². The van der Waals surface area contributed by atoms with Crippen LogP contribution in [0.1, 0.15) is 29.6 Å². The molecular formula is C15H17N3O3. The molecule has 1 aromatic rings. The molecule has 1 saturated heterocycles. The molecule has 3 N–H and O–H groups in total. The fraction of sp³-hybridized carbons (Fsp3) is 0.400. The fourth-order valence-corrected chi connectivity index (χ4v) is 2.31. The largest absolute Gasteiger partial charge is 0.355 e. The molecule has 0 aromatic heterocycles. The molecule has 0 bridgehead atoms. The Morgan fingerprint density at radius 2 is 1.95 bits per heavy atom. The quantitative estimate of drug-likeness (QED) is 0.760. The average Bonchev–Trinajstić information content (AvgIpc) is 3.17. The highest BCUT2D eigenvalue weighted by molar-refractivity contribution is 6.05. The van der Waals surface area contributed by atoms with E-state index in [1.165, 1.54) is 0 Å². The third-order valence-electron chi connectivity index (χ3n) is 3.69. The van der Waals surface area contributed by atoms with E-state index in [4.69, 9.17) is 0 Å². The van der Waals surface area contributed by atoms with E-state index in [2.05, 4.69) is 16.0 Å². The smallest absolute Gasteiger partial charge is 0.253 e. The van der Waals surface area contributed by atoms with Gasteiger partial charge in [0.15, 0.2) is 0 Å². The van der Waals surface area contributed by atoms with Gasteiger partial charge in [-0.2, -0.15) is 0 Å². The maximum absolute atomic E-state index is 12.1. The fourth-order valence-electron chi connectivity index (χ4n) is 2.31. The predicted octanol–water partition coefficient (Wildman–Crippen LogP) is 0.653. The van der Waals surface area contributed by atoms with Crippen molar-refractivity contribution in [2.75, 3.05) is 11.9 Å². The highest BCUT2D eigenvalue weighted by Gasteiger charge is 2.29. The first-order chi connectivity index (χ1) is 10.1. The second kappa shape index (κ2) is 5.55. The summed E-state index contributed by atoms with van der Waals surface area (Å²) in [6.45, 7) is 0.348. The van der Waals surface area contributed by atoms with Crippen LogP contribution in [0.4, 0.5) is 5.69 Å². The SMILES string of the molecule is O=C1CC(C(=O)Nc2ccccc2C(=O)NC2CC2)CN1. The summed E-state index contributed by atoms with van der Waals surface area (Å²) in [7, 11) is 0. The van der Waals surface area contributed by atoms with Crippen molar-refractivity contribution < 1.29 is 14.4 Å². The Balaban J connectivity index is 1.70. The van der Waals surface area contributed by atoms with Crippen molar-refractivity contribution in [1.29, 1.82) is 0 Å². The number of benzene rings is 1. The summed E-state index contributed by atoms with van der Waals surface area (Å²) < 4.78 is 0. The summed E-state index contributed by atoms with van der Waals surface area (Å²) in [6, 6.07) is 7.17. The second-order valence-corrected chi connectivity index (χ2v) is 5.49. The molecule has 1 unspecified atom stereocenters. The lowest BCUT2D eigenvalue weighted by molar-refractivity contribution is -0.123. The van der Waals surface area contributed by atoms with Crippen LogP contribution < -0.4 is 16.0 Å². The number of para-hydroxylation sites is 1. The Bertz CT molecular complexity index is 596. The minimum absolute atomic E-state index is 0.116. The van der Waals surface area contributed by atoms with Crippen LogP contribution in [0.25, 0.3) is 0 Å². The monoisotopic (exact) mass is 287 g/mol. The number of rotatable bonds is 4. The summed E-state index contributed by atoms with van der Waals surface area (Å²) in [5, 5.41) is 8.29.